The Morgan fingerprint density at radius 2 is 1.85 bits per heavy atom. The van der Waals surface area contributed by atoms with Gasteiger partial charge in [-0.15, -0.1) is 0 Å². The first-order valence-electron chi connectivity index (χ1n) is 6.12. The number of furan rings is 1. The minimum Gasteiger partial charge on any atom is -0.455 e. The number of carbonyl (C=O) groups is 1. The summed E-state index contributed by atoms with van der Waals surface area (Å²) in [6, 6.07) is 16.3. The number of halogens is 1. The maximum absolute atomic E-state index is 11.9. The molecular formula is C16H11ClO3. The molecule has 0 spiro atoms. The average Bonchev–Trinajstić information content (AvgIpc) is 2.90. The molecule has 0 unspecified atom stereocenters. The highest BCUT2D eigenvalue weighted by atomic mass is 35.5. The molecule has 0 saturated carbocycles. The minimum atomic E-state index is -0.476. The van der Waals surface area contributed by atoms with Crippen molar-refractivity contribution in [1.29, 1.82) is 0 Å². The molecule has 3 aromatic rings. The summed E-state index contributed by atoms with van der Waals surface area (Å²) in [4.78, 5) is 11.9. The Labute approximate surface area is 120 Å². The van der Waals surface area contributed by atoms with Gasteiger partial charge in [-0.2, -0.15) is 0 Å². The number of ether oxygens (including phenoxy) is 1. The van der Waals surface area contributed by atoms with Crippen LogP contribution >= 0.6 is 11.6 Å². The number of hydrogen-bond acceptors (Lipinski definition) is 3. The zero-order valence-corrected chi connectivity index (χ0v) is 11.3. The van der Waals surface area contributed by atoms with E-state index in [9.17, 15) is 4.79 Å². The van der Waals surface area contributed by atoms with Crippen molar-refractivity contribution in [3.05, 3.63) is 70.9 Å². The third-order valence-electron chi connectivity index (χ3n) is 2.91. The van der Waals surface area contributed by atoms with Crippen molar-refractivity contribution in [2.45, 2.75) is 6.61 Å². The number of carbonyl (C=O) groups excluding carboxylic acids is 1. The summed E-state index contributed by atoms with van der Waals surface area (Å²) >= 11 is 5.79. The molecule has 0 amide bonds. The number of rotatable bonds is 3. The van der Waals surface area contributed by atoms with E-state index in [1.807, 2.05) is 36.4 Å². The molecule has 3 nitrogen and oxygen atoms in total. The fraction of sp³-hybridized carbons (Fsp3) is 0.0625. The standard InChI is InChI=1S/C16H11ClO3/c17-13-7-5-11(6-8-13)10-19-16(18)15-9-12-3-1-2-4-14(12)20-15/h1-9H,10H2. The quantitative estimate of drug-likeness (QED) is 0.668. The topological polar surface area (TPSA) is 39.4 Å². The molecule has 1 heterocycles. The summed E-state index contributed by atoms with van der Waals surface area (Å²) in [5, 5.41) is 1.53. The van der Waals surface area contributed by atoms with E-state index in [-0.39, 0.29) is 12.4 Å². The van der Waals surface area contributed by atoms with E-state index in [2.05, 4.69) is 0 Å². The van der Waals surface area contributed by atoms with Crippen LogP contribution < -0.4 is 0 Å². The Hall–Kier alpha value is -2.26. The fourth-order valence-electron chi connectivity index (χ4n) is 1.88. The first-order valence-corrected chi connectivity index (χ1v) is 6.50. The minimum absolute atomic E-state index is 0.188. The molecule has 0 saturated heterocycles. The molecule has 0 aliphatic heterocycles. The highest BCUT2D eigenvalue weighted by Crippen LogP contribution is 2.20. The van der Waals surface area contributed by atoms with E-state index in [1.54, 1.807) is 18.2 Å². The van der Waals surface area contributed by atoms with E-state index in [4.69, 9.17) is 20.8 Å². The Bertz CT molecular complexity index is 711. The highest BCUT2D eigenvalue weighted by molar-refractivity contribution is 6.30. The van der Waals surface area contributed by atoms with Crippen LogP contribution in [0.15, 0.2) is 59.0 Å². The van der Waals surface area contributed by atoms with Crippen LogP contribution in [0, 0.1) is 0 Å². The molecule has 100 valence electrons. The second kappa shape index (κ2) is 5.39. The summed E-state index contributed by atoms with van der Waals surface area (Å²) in [6.45, 7) is 0.188. The van der Waals surface area contributed by atoms with E-state index in [0.29, 0.717) is 10.6 Å². The zero-order chi connectivity index (χ0) is 13.9. The molecule has 1 aromatic heterocycles. The van der Waals surface area contributed by atoms with Crippen LogP contribution in [0.25, 0.3) is 11.0 Å². The third-order valence-corrected chi connectivity index (χ3v) is 3.16. The van der Waals surface area contributed by atoms with Crippen molar-refractivity contribution in [3.8, 4) is 0 Å². The molecule has 0 atom stereocenters. The van der Waals surface area contributed by atoms with Crippen LogP contribution in [-0.4, -0.2) is 5.97 Å². The normalized spacial score (nSPS) is 10.7. The van der Waals surface area contributed by atoms with Crippen LogP contribution in [0.4, 0.5) is 0 Å². The molecular weight excluding hydrogens is 276 g/mol. The number of benzene rings is 2. The van der Waals surface area contributed by atoms with Gasteiger partial charge in [0.1, 0.15) is 12.2 Å². The molecule has 0 radical (unpaired) electrons. The van der Waals surface area contributed by atoms with Crippen LogP contribution in [0.5, 0.6) is 0 Å². The van der Waals surface area contributed by atoms with Gasteiger partial charge >= 0.3 is 5.97 Å². The van der Waals surface area contributed by atoms with Crippen molar-refractivity contribution in [1.82, 2.24) is 0 Å². The summed E-state index contributed by atoms with van der Waals surface area (Å²) < 4.78 is 10.6. The van der Waals surface area contributed by atoms with Crippen LogP contribution in [0.2, 0.25) is 5.02 Å². The van der Waals surface area contributed by atoms with Crippen molar-refractivity contribution in [2.24, 2.45) is 0 Å². The summed E-state index contributed by atoms with van der Waals surface area (Å²) in [6.07, 6.45) is 0. The lowest BCUT2D eigenvalue weighted by molar-refractivity contribution is 0.0439. The fourth-order valence-corrected chi connectivity index (χ4v) is 2.01. The SMILES string of the molecule is O=C(OCc1ccc(Cl)cc1)c1cc2ccccc2o1. The monoisotopic (exact) mass is 286 g/mol. The molecule has 2 aromatic carbocycles. The molecule has 20 heavy (non-hydrogen) atoms. The van der Waals surface area contributed by atoms with Gasteiger partial charge in [0.2, 0.25) is 5.76 Å². The lowest BCUT2D eigenvalue weighted by Crippen LogP contribution is -2.03. The second-order valence-corrected chi connectivity index (χ2v) is 4.79. The first kappa shape index (κ1) is 12.8. The van der Waals surface area contributed by atoms with Gasteiger partial charge in [-0.3, -0.25) is 0 Å². The van der Waals surface area contributed by atoms with Gasteiger partial charge in [0.15, 0.2) is 0 Å². The molecule has 0 fully saturated rings. The maximum atomic E-state index is 11.9. The van der Waals surface area contributed by atoms with Gasteiger partial charge in [0, 0.05) is 10.4 Å². The number of hydrogen-bond donors (Lipinski definition) is 0. The van der Waals surface area contributed by atoms with Gasteiger partial charge in [0.25, 0.3) is 0 Å². The molecule has 0 N–H and O–H groups in total. The molecule has 0 aliphatic carbocycles. The lowest BCUT2D eigenvalue weighted by atomic mass is 10.2. The van der Waals surface area contributed by atoms with E-state index in [0.717, 1.165) is 10.9 Å². The van der Waals surface area contributed by atoms with Gasteiger partial charge in [-0.25, -0.2) is 4.79 Å². The summed E-state index contributed by atoms with van der Waals surface area (Å²) in [7, 11) is 0. The zero-order valence-electron chi connectivity index (χ0n) is 10.5. The van der Waals surface area contributed by atoms with Crippen molar-refractivity contribution in [2.75, 3.05) is 0 Å². The van der Waals surface area contributed by atoms with Crippen molar-refractivity contribution < 1.29 is 13.9 Å². The summed E-state index contributed by atoms with van der Waals surface area (Å²) in [5.41, 5.74) is 1.55. The van der Waals surface area contributed by atoms with Crippen LogP contribution in [0.3, 0.4) is 0 Å². The van der Waals surface area contributed by atoms with E-state index in [1.165, 1.54) is 0 Å². The maximum Gasteiger partial charge on any atom is 0.374 e. The highest BCUT2D eigenvalue weighted by Gasteiger charge is 2.13. The molecule has 0 bridgehead atoms. The van der Waals surface area contributed by atoms with Crippen molar-refractivity contribution in [3.63, 3.8) is 0 Å². The Balaban J connectivity index is 1.71. The predicted molar refractivity (Wildman–Crippen MR) is 76.8 cm³/mol. The Morgan fingerprint density at radius 3 is 2.60 bits per heavy atom. The van der Waals surface area contributed by atoms with Crippen LogP contribution in [0.1, 0.15) is 16.1 Å². The number of para-hydroxylation sites is 1. The Kier molecular flexibility index (Phi) is 3.44. The smallest absolute Gasteiger partial charge is 0.374 e. The van der Waals surface area contributed by atoms with E-state index < -0.39 is 5.97 Å². The molecule has 0 aliphatic rings. The first-order chi connectivity index (χ1) is 9.72. The van der Waals surface area contributed by atoms with Gasteiger partial charge in [-0.05, 0) is 29.8 Å². The largest absolute Gasteiger partial charge is 0.455 e. The summed E-state index contributed by atoms with van der Waals surface area (Å²) in [5.74, 6) is -0.267. The predicted octanol–water partition coefficient (Wildman–Crippen LogP) is 4.44. The van der Waals surface area contributed by atoms with Gasteiger partial charge in [0.05, 0.1) is 0 Å². The second-order valence-electron chi connectivity index (χ2n) is 4.35. The van der Waals surface area contributed by atoms with Crippen molar-refractivity contribution >= 4 is 28.5 Å². The Morgan fingerprint density at radius 1 is 1.10 bits per heavy atom. The van der Waals surface area contributed by atoms with Gasteiger partial charge < -0.3 is 9.15 Å². The number of fused-ring (bicyclic) bond motifs is 1. The number of esters is 1. The van der Waals surface area contributed by atoms with Crippen LogP contribution in [-0.2, 0) is 11.3 Å². The lowest BCUT2D eigenvalue weighted by Gasteiger charge is -2.02. The third kappa shape index (κ3) is 2.68. The average molecular weight is 287 g/mol. The molecule has 3 rings (SSSR count). The molecule has 4 heteroatoms. The van der Waals surface area contributed by atoms with Gasteiger partial charge in [-0.1, -0.05) is 41.9 Å². The van der Waals surface area contributed by atoms with E-state index >= 15 is 0 Å².